The van der Waals surface area contributed by atoms with Gasteiger partial charge < -0.3 is 4.90 Å². The summed E-state index contributed by atoms with van der Waals surface area (Å²) in [5.41, 5.74) is 1.46. The van der Waals surface area contributed by atoms with E-state index in [-0.39, 0.29) is 0 Å². The second kappa shape index (κ2) is 9.67. The molecule has 0 unspecified atom stereocenters. The van der Waals surface area contributed by atoms with Crippen LogP contribution in [0.5, 0.6) is 0 Å². The number of hydrogen-bond donors (Lipinski definition) is 0. The second-order valence-corrected chi connectivity index (χ2v) is 5.27. The molecule has 0 heterocycles. The van der Waals surface area contributed by atoms with Crippen molar-refractivity contribution in [2.75, 3.05) is 25.0 Å². The molecule has 0 radical (unpaired) electrons. The van der Waals surface area contributed by atoms with E-state index >= 15 is 0 Å². The lowest BCUT2D eigenvalue weighted by Gasteiger charge is -2.20. The molecule has 0 saturated carbocycles. The van der Waals surface area contributed by atoms with Crippen LogP contribution in [-0.4, -0.2) is 29.9 Å². The molecule has 96 valence electrons. The summed E-state index contributed by atoms with van der Waals surface area (Å²) in [4.78, 5) is 2.57. The third kappa shape index (κ3) is 6.85. The number of benzene rings is 1. The van der Waals surface area contributed by atoms with Gasteiger partial charge in [-0.1, -0.05) is 59.6 Å². The summed E-state index contributed by atoms with van der Waals surface area (Å²) >= 11 is 3.54. The Morgan fingerprint density at radius 1 is 1.00 bits per heavy atom. The minimum atomic E-state index is 1.09. The van der Waals surface area contributed by atoms with Crippen molar-refractivity contribution in [3.63, 3.8) is 0 Å². The summed E-state index contributed by atoms with van der Waals surface area (Å²) in [6.07, 6.45) is 5.07. The molecule has 0 aromatic heterocycles. The van der Waals surface area contributed by atoms with Crippen LogP contribution in [-0.2, 0) is 6.42 Å². The van der Waals surface area contributed by atoms with E-state index in [0.29, 0.717) is 0 Å². The fourth-order valence-corrected chi connectivity index (χ4v) is 2.49. The summed E-state index contributed by atoms with van der Waals surface area (Å²) in [5, 5.41) is 1.09. The van der Waals surface area contributed by atoms with Gasteiger partial charge in [0.05, 0.1) is 0 Å². The second-order valence-electron chi connectivity index (χ2n) is 4.47. The number of unbranched alkanes of at least 4 members (excludes halogenated alkanes) is 1. The molecule has 0 fully saturated rings. The van der Waals surface area contributed by atoms with Gasteiger partial charge in [-0.15, -0.1) is 0 Å². The lowest BCUT2D eigenvalue weighted by atomic mass is 10.1. The molecule has 1 aromatic rings. The molecule has 0 aliphatic rings. The normalized spacial score (nSPS) is 11.0. The van der Waals surface area contributed by atoms with Gasteiger partial charge in [0, 0.05) is 11.9 Å². The largest absolute Gasteiger partial charge is 0.302 e. The molecule has 2 heteroatoms. The zero-order valence-corrected chi connectivity index (χ0v) is 12.5. The van der Waals surface area contributed by atoms with Gasteiger partial charge in [-0.3, -0.25) is 0 Å². The molecule has 1 nitrogen and oxygen atoms in total. The first-order chi connectivity index (χ1) is 8.36. The third-order valence-electron chi connectivity index (χ3n) is 3.01. The number of alkyl halides is 1. The molecule has 0 bridgehead atoms. The lowest BCUT2D eigenvalue weighted by molar-refractivity contribution is 0.283. The molecule has 0 aliphatic heterocycles. The number of rotatable bonds is 9. The van der Waals surface area contributed by atoms with E-state index in [4.69, 9.17) is 0 Å². The molecule has 1 aromatic carbocycles. The van der Waals surface area contributed by atoms with Crippen molar-refractivity contribution in [3.8, 4) is 0 Å². The molecule has 17 heavy (non-hydrogen) atoms. The number of nitrogens with zero attached hydrogens (tertiary/aromatic N) is 1. The van der Waals surface area contributed by atoms with E-state index < -0.39 is 0 Å². The molecule has 0 spiro atoms. The summed E-state index contributed by atoms with van der Waals surface area (Å²) in [7, 11) is 0. The zero-order chi connectivity index (χ0) is 12.3. The smallest absolute Gasteiger partial charge is 0.0159 e. The van der Waals surface area contributed by atoms with Crippen molar-refractivity contribution in [1.82, 2.24) is 4.90 Å². The average Bonchev–Trinajstić information content (AvgIpc) is 2.37. The third-order valence-corrected chi connectivity index (χ3v) is 3.37. The fourth-order valence-electron chi connectivity index (χ4n) is 1.99. The maximum Gasteiger partial charge on any atom is 0.0159 e. The van der Waals surface area contributed by atoms with E-state index in [2.05, 4.69) is 58.1 Å². The summed E-state index contributed by atoms with van der Waals surface area (Å²) in [6.45, 7) is 5.91. The Hall–Kier alpha value is -0.340. The molecule has 0 atom stereocenters. The van der Waals surface area contributed by atoms with Gasteiger partial charge in [0.25, 0.3) is 0 Å². The Bertz CT molecular complexity index is 274. The van der Waals surface area contributed by atoms with E-state index in [1.807, 2.05) is 0 Å². The maximum atomic E-state index is 3.54. The zero-order valence-electron chi connectivity index (χ0n) is 10.9. The average molecular weight is 298 g/mol. The summed E-state index contributed by atoms with van der Waals surface area (Å²) in [6, 6.07) is 10.8. The van der Waals surface area contributed by atoms with Gasteiger partial charge in [0.1, 0.15) is 0 Å². The van der Waals surface area contributed by atoms with Gasteiger partial charge in [0.15, 0.2) is 0 Å². The molecule has 0 aliphatic carbocycles. The van der Waals surface area contributed by atoms with Crippen LogP contribution in [0.2, 0.25) is 0 Å². The molecular weight excluding hydrogens is 274 g/mol. The van der Waals surface area contributed by atoms with E-state index in [9.17, 15) is 0 Å². The highest BCUT2D eigenvalue weighted by molar-refractivity contribution is 9.09. The van der Waals surface area contributed by atoms with Crippen LogP contribution in [0.4, 0.5) is 0 Å². The van der Waals surface area contributed by atoms with Crippen LogP contribution in [0.1, 0.15) is 31.7 Å². The Morgan fingerprint density at radius 3 is 2.35 bits per heavy atom. The number of hydrogen-bond acceptors (Lipinski definition) is 1. The standard InChI is InChI=1S/C15H24BrN/c1-2-3-12-17(14-11-16)13-7-10-15-8-5-4-6-9-15/h4-6,8-9H,2-3,7,10-14H2,1H3. The lowest BCUT2D eigenvalue weighted by Crippen LogP contribution is -2.28. The quantitative estimate of drug-likeness (QED) is 0.620. The van der Waals surface area contributed by atoms with E-state index in [1.165, 1.54) is 50.9 Å². The molecule has 0 amide bonds. The number of halogens is 1. The van der Waals surface area contributed by atoms with Crippen molar-refractivity contribution >= 4 is 15.9 Å². The van der Waals surface area contributed by atoms with Crippen LogP contribution in [0.15, 0.2) is 30.3 Å². The molecular formula is C15H24BrN. The van der Waals surface area contributed by atoms with Gasteiger partial charge in [-0.2, -0.15) is 0 Å². The Labute approximate surface area is 114 Å². The predicted octanol–water partition coefficient (Wildman–Crippen LogP) is 4.12. The Morgan fingerprint density at radius 2 is 1.71 bits per heavy atom. The van der Waals surface area contributed by atoms with Gasteiger partial charge in [-0.25, -0.2) is 0 Å². The van der Waals surface area contributed by atoms with Crippen molar-refractivity contribution in [2.24, 2.45) is 0 Å². The Kier molecular flexibility index (Phi) is 8.37. The molecule has 1 rings (SSSR count). The van der Waals surface area contributed by atoms with Gasteiger partial charge in [0.2, 0.25) is 0 Å². The summed E-state index contributed by atoms with van der Waals surface area (Å²) in [5.74, 6) is 0. The van der Waals surface area contributed by atoms with Crippen molar-refractivity contribution in [3.05, 3.63) is 35.9 Å². The topological polar surface area (TPSA) is 3.24 Å². The van der Waals surface area contributed by atoms with Crippen molar-refractivity contribution in [2.45, 2.75) is 32.6 Å². The van der Waals surface area contributed by atoms with Crippen LogP contribution in [0.25, 0.3) is 0 Å². The van der Waals surface area contributed by atoms with E-state index in [0.717, 1.165) is 5.33 Å². The first-order valence-electron chi connectivity index (χ1n) is 6.69. The SMILES string of the molecule is CCCCN(CCBr)CCCc1ccccc1. The van der Waals surface area contributed by atoms with Crippen LogP contribution in [0.3, 0.4) is 0 Å². The first-order valence-corrected chi connectivity index (χ1v) is 7.81. The van der Waals surface area contributed by atoms with Crippen molar-refractivity contribution in [1.29, 1.82) is 0 Å². The Balaban J connectivity index is 2.22. The molecule has 0 saturated heterocycles. The highest BCUT2D eigenvalue weighted by Crippen LogP contribution is 2.05. The van der Waals surface area contributed by atoms with Crippen LogP contribution < -0.4 is 0 Å². The minimum absolute atomic E-state index is 1.09. The molecule has 0 N–H and O–H groups in total. The highest BCUT2D eigenvalue weighted by Gasteiger charge is 2.03. The van der Waals surface area contributed by atoms with Crippen LogP contribution in [0, 0.1) is 0 Å². The monoisotopic (exact) mass is 297 g/mol. The van der Waals surface area contributed by atoms with Gasteiger partial charge in [-0.05, 0) is 37.9 Å². The minimum Gasteiger partial charge on any atom is -0.302 e. The number of aryl methyl sites for hydroxylation is 1. The fraction of sp³-hybridized carbons (Fsp3) is 0.600. The van der Waals surface area contributed by atoms with Crippen molar-refractivity contribution < 1.29 is 0 Å². The van der Waals surface area contributed by atoms with Crippen LogP contribution >= 0.6 is 15.9 Å². The van der Waals surface area contributed by atoms with E-state index in [1.54, 1.807) is 0 Å². The predicted molar refractivity (Wildman–Crippen MR) is 79.9 cm³/mol. The summed E-state index contributed by atoms with van der Waals surface area (Å²) < 4.78 is 0. The highest BCUT2D eigenvalue weighted by atomic mass is 79.9. The first kappa shape index (κ1) is 14.7. The maximum absolute atomic E-state index is 3.54. The van der Waals surface area contributed by atoms with Gasteiger partial charge >= 0.3 is 0 Å².